The molecule has 0 aliphatic carbocycles. The number of carbonyl (C=O) groups excluding carboxylic acids is 1. The van der Waals surface area contributed by atoms with Crippen LogP contribution in [0.1, 0.15) is 23.3 Å². The van der Waals surface area contributed by atoms with E-state index in [0.717, 1.165) is 38.0 Å². The van der Waals surface area contributed by atoms with Crippen molar-refractivity contribution < 1.29 is 14.6 Å². The van der Waals surface area contributed by atoms with E-state index in [9.17, 15) is 4.79 Å². The summed E-state index contributed by atoms with van der Waals surface area (Å²) in [6.07, 6.45) is 1.71. The lowest BCUT2D eigenvalue weighted by Crippen LogP contribution is -2.36. The molecule has 1 aliphatic rings. The number of thiophene rings is 1. The molecular weight excluding hydrogens is 274 g/mol. The molecule has 1 fully saturated rings. The number of nitrogens with zero attached hydrogens (tertiary/aromatic N) is 1. The van der Waals surface area contributed by atoms with Gasteiger partial charge in [-0.1, -0.05) is 11.8 Å². The number of likely N-dealkylation sites (tertiary alicyclic amines) is 1. The monoisotopic (exact) mass is 293 g/mol. The second-order valence-corrected chi connectivity index (χ2v) is 5.79. The first-order valence-corrected chi connectivity index (χ1v) is 7.59. The predicted octanol–water partition coefficient (Wildman–Crippen LogP) is 1.48. The van der Waals surface area contributed by atoms with E-state index in [2.05, 4.69) is 16.7 Å². The van der Waals surface area contributed by atoms with Crippen LogP contribution in [0.3, 0.4) is 0 Å². The number of piperidine rings is 1. The number of aliphatic hydroxyl groups excluding tert-OH is 1. The Hall–Kier alpha value is -1.35. The van der Waals surface area contributed by atoms with Crippen molar-refractivity contribution in [1.29, 1.82) is 0 Å². The van der Waals surface area contributed by atoms with Crippen molar-refractivity contribution in [3.05, 3.63) is 21.9 Å². The average molecular weight is 293 g/mol. The van der Waals surface area contributed by atoms with Crippen molar-refractivity contribution in [2.45, 2.75) is 19.4 Å². The first kappa shape index (κ1) is 15.0. The topological polar surface area (TPSA) is 49.8 Å². The molecule has 0 radical (unpaired) electrons. The van der Waals surface area contributed by atoms with Gasteiger partial charge in [0.25, 0.3) is 0 Å². The van der Waals surface area contributed by atoms with Gasteiger partial charge in [-0.05, 0) is 37.4 Å². The Kier molecular flexibility index (Phi) is 5.60. The van der Waals surface area contributed by atoms with Crippen molar-refractivity contribution in [2.75, 3.05) is 26.8 Å². The number of esters is 1. The Labute approximate surface area is 123 Å². The van der Waals surface area contributed by atoms with Gasteiger partial charge in [-0.15, -0.1) is 11.3 Å². The zero-order valence-electron chi connectivity index (χ0n) is 11.6. The molecular formula is C15H19NO3S. The summed E-state index contributed by atoms with van der Waals surface area (Å²) in [7, 11) is 1.45. The molecule has 0 amide bonds. The van der Waals surface area contributed by atoms with Crippen LogP contribution < -0.4 is 0 Å². The van der Waals surface area contributed by atoms with E-state index >= 15 is 0 Å². The quantitative estimate of drug-likeness (QED) is 0.677. The van der Waals surface area contributed by atoms with Gasteiger partial charge >= 0.3 is 5.97 Å². The molecule has 0 saturated carbocycles. The third kappa shape index (κ3) is 3.83. The molecule has 108 valence electrons. The van der Waals surface area contributed by atoms with Crippen molar-refractivity contribution in [3.8, 4) is 11.8 Å². The number of hydrogen-bond acceptors (Lipinski definition) is 5. The number of rotatable bonds is 3. The largest absolute Gasteiger partial charge is 0.469 e. The molecule has 2 heterocycles. The molecule has 0 spiro atoms. The Balaban J connectivity index is 1.90. The highest BCUT2D eigenvalue weighted by molar-refractivity contribution is 7.10. The van der Waals surface area contributed by atoms with Gasteiger partial charge in [0.05, 0.1) is 13.0 Å². The van der Waals surface area contributed by atoms with E-state index in [4.69, 9.17) is 9.84 Å². The van der Waals surface area contributed by atoms with Crippen LogP contribution in [-0.4, -0.2) is 42.8 Å². The first-order chi connectivity index (χ1) is 9.74. The van der Waals surface area contributed by atoms with Crippen molar-refractivity contribution >= 4 is 17.3 Å². The first-order valence-electron chi connectivity index (χ1n) is 6.71. The third-order valence-corrected chi connectivity index (χ3v) is 4.44. The van der Waals surface area contributed by atoms with E-state index in [1.54, 1.807) is 11.3 Å². The van der Waals surface area contributed by atoms with Gasteiger partial charge in [0.2, 0.25) is 0 Å². The number of methoxy groups -OCH3 is 1. The van der Waals surface area contributed by atoms with Crippen molar-refractivity contribution in [1.82, 2.24) is 4.90 Å². The summed E-state index contributed by atoms with van der Waals surface area (Å²) < 4.78 is 4.80. The van der Waals surface area contributed by atoms with Gasteiger partial charge in [0, 0.05) is 17.0 Å². The summed E-state index contributed by atoms with van der Waals surface area (Å²) in [6.45, 7) is 2.57. The van der Waals surface area contributed by atoms with E-state index < -0.39 is 0 Å². The Morgan fingerprint density at radius 1 is 1.55 bits per heavy atom. The van der Waals surface area contributed by atoms with Gasteiger partial charge in [-0.25, -0.2) is 0 Å². The van der Waals surface area contributed by atoms with Crippen LogP contribution in [0.4, 0.5) is 0 Å². The zero-order valence-corrected chi connectivity index (χ0v) is 12.4. The van der Waals surface area contributed by atoms with Gasteiger partial charge in [-0.2, -0.15) is 0 Å². The van der Waals surface area contributed by atoms with E-state index in [-0.39, 0.29) is 18.5 Å². The molecule has 2 rings (SSSR count). The smallest absolute Gasteiger partial charge is 0.308 e. The van der Waals surface area contributed by atoms with Crippen molar-refractivity contribution in [3.63, 3.8) is 0 Å². The van der Waals surface area contributed by atoms with E-state index in [0.29, 0.717) is 0 Å². The number of aliphatic hydroxyl groups is 1. The molecule has 4 nitrogen and oxygen atoms in total. The zero-order chi connectivity index (χ0) is 14.4. The second-order valence-electron chi connectivity index (χ2n) is 4.79. The SMILES string of the molecule is COC(=O)C1CCN(Cc2sccc2C#CCO)CC1. The van der Waals surface area contributed by atoms with Gasteiger partial charge < -0.3 is 9.84 Å². The molecule has 1 aromatic rings. The van der Waals surface area contributed by atoms with Crippen LogP contribution in [0.15, 0.2) is 11.4 Å². The van der Waals surface area contributed by atoms with E-state index in [1.165, 1.54) is 12.0 Å². The molecule has 20 heavy (non-hydrogen) atoms. The molecule has 1 aliphatic heterocycles. The summed E-state index contributed by atoms with van der Waals surface area (Å²) >= 11 is 1.69. The highest BCUT2D eigenvalue weighted by Gasteiger charge is 2.25. The minimum Gasteiger partial charge on any atom is -0.469 e. The maximum Gasteiger partial charge on any atom is 0.308 e. The van der Waals surface area contributed by atoms with E-state index in [1.807, 2.05) is 11.4 Å². The second kappa shape index (κ2) is 7.44. The van der Waals surface area contributed by atoms with Crippen LogP contribution in [0, 0.1) is 17.8 Å². The minimum atomic E-state index is -0.111. The molecule has 0 aromatic carbocycles. The van der Waals surface area contributed by atoms with Crippen LogP contribution in [0.5, 0.6) is 0 Å². The fraction of sp³-hybridized carbons (Fsp3) is 0.533. The predicted molar refractivity (Wildman–Crippen MR) is 78.3 cm³/mol. The molecule has 0 bridgehead atoms. The van der Waals surface area contributed by atoms with Crippen molar-refractivity contribution in [2.24, 2.45) is 5.92 Å². The lowest BCUT2D eigenvalue weighted by Gasteiger charge is -2.30. The standard InChI is InChI=1S/C15H19NO3S/c1-19-15(18)13-4-7-16(8-5-13)11-14-12(3-2-9-17)6-10-20-14/h6,10,13,17H,4-5,7-9,11H2,1H3. The maximum absolute atomic E-state index is 11.5. The summed E-state index contributed by atoms with van der Waals surface area (Å²) in [5, 5.41) is 10.8. The highest BCUT2D eigenvalue weighted by Crippen LogP contribution is 2.23. The summed E-state index contributed by atoms with van der Waals surface area (Å²) in [6, 6.07) is 1.99. The lowest BCUT2D eigenvalue weighted by atomic mass is 9.97. The summed E-state index contributed by atoms with van der Waals surface area (Å²) in [5.74, 6) is 5.63. The van der Waals surface area contributed by atoms with Gasteiger partial charge in [0.15, 0.2) is 0 Å². The van der Waals surface area contributed by atoms with Crippen LogP contribution in [0.25, 0.3) is 0 Å². The van der Waals surface area contributed by atoms with Gasteiger partial charge in [-0.3, -0.25) is 9.69 Å². The average Bonchev–Trinajstić information content (AvgIpc) is 2.92. The number of hydrogen-bond donors (Lipinski definition) is 1. The molecule has 0 atom stereocenters. The Morgan fingerprint density at radius 2 is 2.30 bits per heavy atom. The lowest BCUT2D eigenvalue weighted by molar-refractivity contribution is -0.147. The Bertz CT molecular complexity index is 507. The fourth-order valence-corrected chi connectivity index (χ4v) is 3.28. The van der Waals surface area contributed by atoms with Crippen LogP contribution >= 0.6 is 11.3 Å². The maximum atomic E-state index is 11.5. The van der Waals surface area contributed by atoms with Crippen LogP contribution in [0.2, 0.25) is 0 Å². The molecule has 1 aromatic heterocycles. The number of carbonyl (C=O) groups is 1. The highest BCUT2D eigenvalue weighted by atomic mass is 32.1. The summed E-state index contributed by atoms with van der Waals surface area (Å²) in [5.41, 5.74) is 0.999. The van der Waals surface area contributed by atoms with Gasteiger partial charge in [0.1, 0.15) is 6.61 Å². The minimum absolute atomic E-state index is 0.0493. The summed E-state index contributed by atoms with van der Waals surface area (Å²) in [4.78, 5) is 15.0. The Morgan fingerprint density at radius 3 is 2.95 bits per heavy atom. The fourth-order valence-electron chi connectivity index (χ4n) is 2.41. The normalized spacial score (nSPS) is 16.5. The third-order valence-electron chi connectivity index (χ3n) is 3.54. The number of ether oxygens (including phenoxy) is 1. The molecule has 1 saturated heterocycles. The van der Waals surface area contributed by atoms with Crippen LogP contribution in [-0.2, 0) is 16.1 Å². The molecule has 5 heteroatoms. The molecule has 1 N–H and O–H groups in total. The molecule has 0 unspecified atom stereocenters.